The molecule has 0 heterocycles. The topological polar surface area (TPSA) is 86.8 Å². The quantitative estimate of drug-likeness (QED) is 0.464. The second-order valence-electron chi connectivity index (χ2n) is 10.1. The van der Waals surface area contributed by atoms with Crippen molar-refractivity contribution in [2.24, 2.45) is 0 Å². The Balaban J connectivity index is 1.73. The molecular weight excluding hydrogens is 493 g/mol. The van der Waals surface area contributed by atoms with Crippen molar-refractivity contribution in [2.75, 3.05) is 17.1 Å². The van der Waals surface area contributed by atoms with Gasteiger partial charge in [0.25, 0.3) is 0 Å². The average molecular weight is 532 g/mol. The molecule has 1 N–H and O–H groups in total. The summed E-state index contributed by atoms with van der Waals surface area (Å²) in [5.41, 5.74) is 3.18. The van der Waals surface area contributed by atoms with E-state index in [1.165, 1.54) is 21.3 Å². The standard InChI is InChI=1S/C28H38FN3O4S/c1-20-16-21(2)18-26(17-20)32(37(4,35)36)15-7-10-27(33)31(19-23-11-13-24(29)14-12-23)22(3)28(34)30-25-8-5-6-9-25/h11-14,16-18,22,25H,5-10,15,19H2,1-4H3,(H,30,34)/t22-/m1/s1. The first-order valence-corrected chi connectivity index (χ1v) is 14.7. The van der Waals surface area contributed by atoms with Crippen LogP contribution >= 0.6 is 0 Å². The van der Waals surface area contributed by atoms with Gasteiger partial charge in [-0.1, -0.05) is 31.0 Å². The lowest BCUT2D eigenvalue weighted by Gasteiger charge is -2.30. The molecule has 37 heavy (non-hydrogen) atoms. The number of benzene rings is 2. The highest BCUT2D eigenvalue weighted by molar-refractivity contribution is 7.92. The fraction of sp³-hybridized carbons (Fsp3) is 0.500. The molecule has 0 aromatic heterocycles. The van der Waals surface area contributed by atoms with Gasteiger partial charge in [-0.15, -0.1) is 0 Å². The summed E-state index contributed by atoms with van der Waals surface area (Å²) in [5.74, 6) is -0.844. The summed E-state index contributed by atoms with van der Waals surface area (Å²) in [6, 6.07) is 10.9. The lowest BCUT2D eigenvalue weighted by molar-refractivity contribution is -0.141. The van der Waals surface area contributed by atoms with E-state index in [0.29, 0.717) is 11.3 Å². The molecule has 0 bridgehead atoms. The van der Waals surface area contributed by atoms with Gasteiger partial charge in [-0.3, -0.25) is 13.9 Å². The molecule has 0 spiro atoms. The van der Waals surface area contributed by atoms with Crippen molar-refractivity contribution in [1.29, 1.82) is 0 Å². The first-order valence-electron chi connectivity index (χ1n) is 12.8. The van der Waals surface area contributed by atoms with Crippen LogP contribution in [0, 0.1) is 19.7 Å². The van der Waals surface area contributed by atoms with Crippen LogP contribution in [0.25, 0.3) is 0 Å². The molecule has 7 nitrogen and oxygen atoms in total. The Morgan fingerprint density at radius 1 is 1.05 bits per heavy atom. The summed E-state index contributed by atoms with van der Waals surface area (Å²) >= 11 is 0. The molecular formula is C28H38FN3O4S. The number of nitrogens with zero attached hydrogens (tertiary/aromatic N) is 2. The molecule has 2 aromatic rings. The van der Waals surface area contributed by atoms with Gasteiger partial charge in [0.05, 0.1) is 11.9 Å². The third-order valence-electron chi connectivity index (χ3n) is 6.78. The highest BCUT2D eigenvalue weighted by Gasteiger charge is 2.28. The monoisotopic (exact) mass is 531 g/mol. The number of sulfonamides is 1. The molecule has 1 atom stereocenters. The number of carbonyl (C=O) groups is 2. The van der Waals surface area contributed by atoms with Crippen LogP contribution in [0.15, 0.2) is 42.5 Å². The van der Waals surface area contributed by atoms with Crippen molar-refractivity contribution in [3.8, 4) is 0 Å². The van der Waals surface area contributed by atoms with Crippen LogP contribution in [0.2, 0.25) is 0 Å². The van der Waals surface area contributed by atoms with E-state index in [2.05, 4.69) is 5.32 Å². The summed E-state index contributed by atoms with van der Waals surface area (Å²) < 4.78 is 39.8. The molecule has 0 radical (unpaired) electrons. The van der Waals surface area contributed by atoms with Gasteiger partial charge in [0, 0.05) is 25.6 Å². The predicted octanol–water partition coefficient (Wildman–Crippen LogP) is 4.46. The van der Waals surface area contributed by atoms with E-state index in [0.717, 1.165) is 43.1 Å². The minimum absolute atomic E-state index is 0.0685. The maximum Gasteiger partial charge on any atom is 0.242 e. The smallest absolute Gasteiger partial charge is 0.242 e. The Morgan fingerprint density at radius 3 is 2.22 bits per heavy atom. The molecule has 0 aliphatic heterocycles. The average Bonchev–Trinajstić information content (AvgIpc) is 3.32. The molecule has 2 aromatic carbocycles. The van der Waals surface area contributed by atoms with Crippen molar-refractivity contribution in [2.45, 2.75) is 77.9 Å². The van der Waals surface area contributed by atoms with Gasteiger partial charge >= 0.3 is 0 Å². The van der Waals surface area contributed by atoms with E-state index in [9.17, 15) is 22.4 Å². The Hall–Kier alpha value is -2.94. The van der Waals surface area contributed by atoms with Gasteiger partial charge in [-0.05, 0) is 81.0 Å². The predicted molar refractivity (Wildman–Crippen MR) is 144 cm³/mol. The zero-order chi connectivity index (χ0) is 27.2. The number of anilines is 1. The minimum Gasteiger partial charge on any atom is -0.352 e. The SMILES string of the molecule is Cc1cc(C)cc(N(CCCC(=O)N(Cc2ccc(F)cc2)[C@H](C)C(=O)NC2CCCC2)S(C)(=O)=O)c1. The fourth-order valence-electron chi connectivity index (χ4n) is 4.86. The molecule has 9 heteroatoms. The van der Waals surface area contributed by atoms with Crippen molar-refractivity contribution in [3.63, 3.8) is 0 Å². The Bertz CT molecular complexity index is 1170. The van der Waals surface area contributed by atoms with Crippen LogP contribution in [-0.4, -0.2) is 50.0 Å². The first-order chi connectivity index (χ1) is 17.4. The molecule has 0 unspecified atom stereocenters. The third kappa shape index (κ3) is 8.28. The molecule has 1 fully saturated rings. The van der Waals surface area contributed by atoms with E-state index >= 15 is 0 Å². The highest BCUT2D eigenvalue weighted by Crippen LogP contribution is 2.23. The molecule has 3 rings (SSSR count). The summed E-state index contributed by atoms with van der Waals surface area (Å²) in [4.78, 5) is 27.9. The molecule has 0 saturated heterocycles. The van der Waals surface area contributed by atoms with E-state index in [1.807, 2.05) is 32.0 Å². The number of hydrogen-bond donors (Lipinski definition) is 1. The van der Waals surface area contributed by atoms with E-state index < -0.39 is 16.1 Å². The Morgan fingerprint density at radius 2 is 1.65 bits per heavy atom. The van der Waals surface area contributed by atoms with Crippen LogP contribution in [0.3, 0.4) is 0 Å². The van der Waals surface area contributed by atoms with Crippen LogP contribution < -0.4 is 9.62 Å². The van der Waals surface area contributed by atoms with Crippen LogP contribution in [-0.2, 0) is 26.2 Å². The van der Waals surface area contributed by atoms with Gasteiger partial charge in [-0.25, -0.2) is 12.8 Å². The van der Waals surface area contributed by atoms with Crippen molar-refractivity contribution >= 4 is 27.5 Å². The van der Waals surface area contributed by atoms with Gasteiger partial charge < -0.3 is 10.2 Å². The van der Waals surface area contributed by atoms with Crippen LogP contribution in [0.4, 0.5) is 10.1 Å². The maximum absolute atomic E-state index is 13.4. The largest absolute Gasteiger partial charge is 0.352 e. The van der Waals surface area contributed by atoms with Crippen LogP contribution in [0.1, 0.15) is 62.1 Å². The zero-order valence-corrected chi connectivity index (χ0v) is 23.0. The molecule has 202 valence electrons. The normalized spacial score (nSPS) is 14.8. The number of carbonyl (C=O) groups excluding carboxylic acids is 2. The van der Waals surface area contributed by atoms with Crippen molar-refractivity contribution < 1.29 is 22.4 Å². The summed E-state index contributed by atoms with van der Waals surface area (Å²) in [6.45, 7) is 5.81. The minimum atomic E-state index is -3.56. The lowest BCUT2D eigenvalue weighted by Crippen LogP contribution is -2.49. The number of hydrogen-bond acceptors (Lipinski definition) is 4. The Kier molecular flexibility index (Phi) is 9.70. The first kappa shape index (κ1) is 28.6. The fourth-order valence-corrected chi connectivity index (χ4v) is 5.81. The van der Waals surface area contributed by atoms with Gasteiger partial charge in [-0.2, -0.15) is 0 Å². The third-order valence-corrected chi connectivity index (χ3v) is 7.98. The zero-order valence-electron chi connectivity index (χ0n) is 22.2. The number of aryl methyl sites for hydroxylation is 2. The number of rotatable bonds is 11. The van der Waals surface area contributed by atoms with Gasteiger partial charge in [0.15, 0.2) is 0 Å². The molecule has 1 aliphatic rings. The second-order valence-corrected chi connectivity index (χ2v) is 12.0. The lowest BCUT2D eigenvalue weighted by atomic mass is 10.1. The maximum atomic E-state index is 13.4. The highest BCUT2D eigenvalue weighted by atomic mass is 32.2. The Labute approximate surface area is 220 Å². The van der Waals surface area contributed by atoms with E-state index in [4.69, 9.17) is 0 Å². The second kappa shape index (κ2) is 12.5. The summed E-state index contributed by atoms with van der Waals surface area (Å²) in [6.07, 6.45) is 5.54. The molecule has 1 saturated carbocycles. The van der Waals surface area contributed by atoms with Crippen molar-refractivity contribution in [3.05, 3.63) is 65.0 Å². The summed E-state index contributed by atoms with van der Waals surface area (Å²) in [7, 11) is -3.56. The van der Waals surface area contributed by atoms with E-state index in [-0.39, 0.29) is 49.6 Å². The molecule has 2 amide bonds. The van der Waals surface area contributed by atoms with Gasteiger partial charge in [0.1, 0.15) is 11.9 Å². The number of amides is 2. The number of halogens is 1. The molecule has 1 aliphatic carbocycles. The van der Waals surface area contributed by atoms with Crippen LogP contribution in [0.5, 0.6) is 0 Å². The van der Waals surface area contributed by atoms with Gasteiger partial charge in [0.2, 0.25) is 21.8 Å². The van der Waals surface area contributed by atoms with Crippen molar-refractivity contribution in [1.82, 2.24) is 10.2 Å². The number of nitrogens with one attached hydrogen (secondary N) is 1. The summed E-state index contributed by atoms with van der Waals surface area (Å²) in [5, 5.41) is 3.05. The van der Waals surface area contributed by atoms with E-state index in [1.54, 1.807) is 19.1 Å².